The van der Waals surface area contributed by atoms with Crippen LogP contribution in [0.5, 0.6) is 11.6 Å². The Morgan fingerprint density at radius 1 is 1.33 bits per heavy atom. The Morgan fingerprint density at radius 2 is 2.11 bits per heavy atom. The number of nitrogens with zero attached hydrogens (tertiary/aromatic N) is 4. The molecule has 2 aromatic heterocycles. The highest BCUT2D eigenvalue weighted by Crippen LogP contribution is 2.41. The smallest absolute Gasteiger partial charge is 0.230 e. The van der Waals surface area contributed by atoms with Crippen molar-refractivity contribution in [3.8, 4) is 11.6 Å². The van der Waals surface area contributed by atoms with Crippen LogP contribution in [-0.2, 0) is 6.42 Å². The van der Waals surface area contributed by atoms with E-state index in [1.54, 1.807) is 11.6 Å². The lowest BCUT2D eigenvalue weighted by atomic mass is 9.95. The zero-order valence-corrected chi connectivity index (χ0v) is 16.9. The van der Waals surface area contributed by atoms with Gasteiger partial charge in [0.1, 0.15) is 5.75 Å². The second kappa shape index (κ2) is 7.48. The molecule has 1 aromatic carbocycles. The van der Waals surface area contributed by atoms with Crippen molar-refractivity contribution in [1.29, 1.82) is 0 Å². The number of hydrogen-bond acceptors (Lipinski definition) is 6. The number of benzene rings is 1. The second-order valence-electron chi connectivity index (χ2n) is 7.28. The Kier molecular flexibility index (Phi) is 5.06. The maximum atomic E-state index is 10.9. The summed E-state index contributed by atoms with van der Waals surface area (Å²) in [6.07, 6.45) is 3.19. The van der Waals surface area contributed by atoms with Gasteiger partial charge in [0.25, 0.3) is 0 Å². The number of aromatic hydroxyl groups is 1. The molecule has 144 valence electrons. The average molecular weight is 387 g/mol. The maximum Gasteiger partial charge on any atom is 0.230 e. The van der Waals surface area contributed by atoms with Crippen LogP contribution in [-0.4, -0.2) is 44.8 Å². The molecule has 2 atom stereocenters. The zero-order valence-electron chi connectivity index (χ0n) is 16.1. The molecule has 0 saturated carbocycles. The first-order valence-electron chi connectivity index (χ1n) is 9.56. The summed E-state index contributed by atoms with van der Waals surface area (Å²) < 4.78 is 6.90. The Hall–Kier alpha value is -2.12. The van der Waals surface area contributed by atoms with E-state index in [4.69, 9.17) is 4.74 Å². The van der Waals surface area contributed by atoms with E-state index in [9.17, 15) is 5.11 Å². The van der Waals surface area contributed by atoms with Crippen LogP contribution in [0.25, 0.3) is 4.96 Å². The van der Waals surface area contributed by atoms with E-state index in [1.807, 2.05) is 19.1 Å². The molecule has 2 unspecified atom stereocenters. The Balaban J connectivity index is 1.79. The first-order valence-corrected chi connectivity index (χ1v) is 10.4. The molecular formula is C20H26N4O2S. The summed E-state index contributed by atoms with van der Waals surface area (Å²) in [6.45, 7) is 6.36. The quantitative estimate of drug-likeness (QED) is 0.721. The predicted octanol–water partition coefficient (Wildman–Crippen LogP) is 3.89. The molecule has 1 N–H and O–H groups in total. The fourth-order valence-corrected chi connectivity index (χ4v) is 5.03. The number of aromatic nitrogens is 3. The summed E-state index contributed by atoms with van der Waals surface area (Å²) in [7, 11) is 1.68. The number of piperidine rings is 1. The molecule has 1 fully saturated rings. The number of methoxy groups -OCH3 is 1. The van der Waals surface area contributed by atoms with Crippen LogP contribution in [0.15, 0.2) is 24.3 Å². The molecule has 3 heterocycles. The molecule has 1 aliphatic rings. The van der Waals surface area contributed by atoms with Crippen LogP contribution in [0.1, 0.15) is 49.0 Å². The number of aryl methyl sites for hydroxylation is 1. The first kappa shape index (κ1) is 18.3. The van der Waals surface area contributed by atoms with Gasteiger partial charge in [-0.05, 0) is 43.0 Å². The monoisotopic (exact) mass is 386 g/mol. The number of hydrogen-bond donors (Lipinski definition) is 1. The number of thiazole rings is 1. The molecule has 1 saturated heterocycles. The fourth-order valence-electron chi connectivity index (χ4n) is 3.89. The lowest BCUT2D eigenvalue weighted by Gasteiger charge is -2.37. The van der Waals surface area contributed by atoms with Gasteiger partial charge >= 0.3 is 0 Å². The highest BCUT2D eigenvalue weighted by atomic mass is 32.1. The van der Waals surface area contributed by atoms with E-state index in [-0.39, 0.29) is 11.9 Å². The molecular weight excluding hydrogens is 360 g/mol. The van der Waals surface area contributed by atoms with Gasteiger partial charge in [-0.25, -0.2) is 4.98 Å². The minimum Gasteiger partial charge on any atom is -0.497 e. The standard InChI is InChI=1S/C20H26N4O2S/c1-4-16-21-20-24(22-16)19(25)18(27-20)17(23-11-5-6-13(2)12-23)14-7-9-15(26-3)10-8-14/h7-10,13,17,25H,4-6,11-12H2,1-3H3. The van der Waals surface area contributed by atoms with Crippen LogP contribution in [0.4, 0.5) is 0 Å². The third kappa shape index (κ3) is 3.41. The lowest BCUT2D eigenvalue weighted by molar-refractivity contribution is 0.149. The van der Waals surface area contributed by atoms with Gasteiger partial charge in [-0.15, -0.1) is 5.10 Å². The molecule has 1 aliphatic heterocycles. The Labute approximate surface area is 163 Å². The minimum absolute atomic E-state index is 0.00256. The second-order valence-corrected chi connectivity index (χ2v) is 8.29. The topological polar surface area (TPSA) is 62.9 Å². The summed E-state index contributed by atoms with van der Waals surface area (Å²) in [4.78, 5) is 8.68. The van der Waals surface area contributed by atoms with Crippen molar-refractivity contribution < 1.29 is 9.84 Å². The van der Waals surface area contributed by atoms with Crippen molar-refractivity contribution in [2.45, 2.75) is 39.2 Å². The van der Waals surface area contributed by atoms with E-state index in [1.165, 1.54) is 24.2 Å². The number of fused-ring (bicyclic) bond motifs is 1. The molecule has 0 aliphatic carbocycles. The number of ether oxygens (including phenoxy) is 1. The molecule has 27 heavy (non-hydrogen) atoms. The Bertz CT molecular complexity index is 918. The van der Waals surface area contributed by atoms with E-state index in [0.29, 0.717) is 5.92 Å². The van der Waals surface area contributed by atoms with Crippen molar-refractivity contribution in [3.05, 3.63) is 40.5 Å². The highest BCUT2D eigenvalue weighted by molar-refractivity contribution is 7.17. The van der Waals surface area contributed by atoms with Gasteiger partial charge in [0.2, 0.25) is 10.8 Å². The number of rotatable bonds is 5. The lowest BCUT2D eigenvalue weighted by Crippen LogP contribution is -2.37. The molecule has 7 heteroatoms. The molecule has 3 aromatic rings. The van der Waals surface area contributed by atoms with Crippen LogP contribution < -0.4 is 4.74 Å². The minimum atomic E-state index is -0.00256. The van der Waals surface area contributed by atoms with E-state index < -0.39 is 0 Å². The SMILES string of the molecule is CCc1nc2sc(C(c3ccc(OC)cc3)N3CCCC(C)C3)c(O)n2n1. The van der Waals surface area contributed by atoms with Crippen molar-refractivity contribution in [1.82, 2.24) is 19.5 Å². The summed E-state index contributed by atoms with van der Waals surface area (Å²) >= 11 is 1.53. The van der Waals surface area contributed by atoms with E-state index >= 15 is 0 Å². The number of likely N-dealkylation sites (tertiary alicyclic amines) is 1. The highest BCUT2D eigenvalue weighted by Gasteiger charge is 2.31. The van der Waals surface area contributed by atoms with Crippen LogP contribution in [0.3, 0.4) is 0 Å². The first-order chi connectivity index (χ1) is 13.1. The van der Waals surface area contributed by atoms with Crippen LogP contribution >= 0.6 is 11.3 Å². The molecule has 0 bridgehead atoms. The maximum absolute atomic E-state index is 10.9. The summed E-state index contributed by atoms with van der Waals surface area (Å²) in [5, 5.41) is 15.4. The van der Waals surface area contributed by atoms with Gasteiger partial charge in [-0.2, -0.15) is 4.52 Å². The average Bonchev–Trinajstić information content (AvgIpc) is 3.22. The van der Waals surface area contributed by atoms with Crippen molar-refractivity contribution >= 4 is 16.3 Å². The predicted molar refractivity (Wildman–Crippen MR) is 107 cm³/mol. The van der Waals surface area contributed by atoms with Gasteiger partial charge in [-0.1, -0.05) is 37.3 Å². The largest absolute Gasteiger partial charge is 0.497 e. The molecule has 0 spiro atoms. The zero-order chi connectivity index (χ0) is 19.0. The summed E-state index contributed by atoms with van der Waals surface area (Å²) in [5.74, 6) is 2.46. The molecule has 0 amide bonds. The van der Waals surface area contributed by atoms with Gasteiger partial charge in [0.05, 0.1) is 18.0 Å². The fraction of sp³-hybridized carbons (Fsp3) is 0.500. The van der Waals surface area contributed by atoms with Crippen LogP contribution in [0, 0.1) is 5.92 Å². The third-order valence-electron chi connectivity index (χ3n) is 5.29. The van der Waals surface area contributed by atoms with Gasteiger partial charge in [-0.3, -0.25) is 4.90 Å². The van der Waals surface area contributed by atoms with Crippen LogP contribution in [0.2, 0.25) is 0 Å². The molecule has 4 rings (SSSR count). The third-order valence-corrected chi connectivity index (χ3v) is 6.37. The van der Waals surface area contributed by atoms with Gasteiger partial charge in [0, 0.05) is 13.0 Å². The summed E-state index contributed by atoms with van der Waals surface area (Å²) in [6, 6.07) is 8.15. The van der Waals surface area contributed by atoms with Gasteiger partial charge < -0.3 is 9.84 Å². The van der Waals surface area contributed by atoms with Crippen molar-refractivity contribution in [2.24, 2.45) is 5.92 Å². The summed E-state index contributed by atoms with van der Waals surface area (Å²) in [5.41, 5.74) is 1.15. The van der Waals surface area contributed by atoms with Crippen molar-refractivity contribution in [3.63, 3.8) is 0 Å². The van der Waals surface area contributed by atoms with Crippen molar-refractivity contribution in [2.75, 3.05) is 20.2 Å². The van der Waals surface area contributed by atoms with Gasteiger partial charge in [0.15, 0.2) is 5.82 Å². The molecule has 6 nitrogen and oxygen atoms in total. The van der Waals surface area contributed by atoms with E-state index in [0.717, 1.165) is 46.5 Å². The molecule has 0 radical (unpaired) electrons. The Morgan fingerprint density at radius 3 is 2.74 bits per heavy atom. The van der Waals surface area contributed by atoms with E-state index in [2.05, 4.69) is 34.0 Å². The normalized spacial score (nSPS) is 19.4.